The lowest BCUT2D eigenvalue weighted by molar-refractivity contribution is 0.637. The molecule has 3 rings (SSSR count). The second-order valence-corrected chi connectivity index (χ2v) is 5.47. The molecule has 0 atom stereocenters. The van der Waals surface area contributed by atoms with E-state index in [0.29, 0.717) is 5.92 Å². The molecular formula is C17H17NO. The SMILES string of the molecule is CC(C)Cc1cc(=O)c2ccc3ccccc3c2[nH]1. The molecule has 1 heterocycles. The molecule has 96 valence electrons. The molecule has 0 saturated carbocycles. The van der Waals surface area contributed by atoms with Crippen LogP contribution in [0.1, 0.15) is 19.5 Å². The smallest absolute Gasteiger partial charge is 0.189 e. The number of fused-ring (bicyclic) bond motifs is 3. The molecule has 0 amide bonds. The molecule has 0 fully saturated rings. The molecule has 2 aromatic carbocycles. The van der Waals surface area contributed by atoms with Gasteiger partial charge in [0.05, 0.1) is 5.52 Å². The Morgan fingerprint density at radius 2 is 1.84 bits per heavy atom. The van der Waals surface area contributed by atoms with Crippen LogP contribution in [0.3, 0.4) is 0 Å². The van der Waals surface area contributed by atoms with Crippen molar-refractivity contribution >= 4 is 21.7 Å². The molecule has 0 bridgehead atoms. The first-order valence-electron chi connectivity index (χ1n) is 6.69. The van der Waals surface area contributed by atoms with E-state index in [1.807, 2.05) is 24.3 Å². The molecule has 0 radical (unpaired) electrons. The van der Waals surface area contributed by atoms with Gasteiger partial charge in [-0.05, 0) is 23.8 Å². The van der Waals surface area contributed by atoms with Gasteiger partial charge in [-0.25, -0.2) is 0 Å². The van der Waals surface area contributed by atoms with Crippen LogP contribution in [0.2, 0.25) is 0 Å². The fourth-order valence-electron chi connectivity index (χ4n) is 2.59. The van der Waals surface area contributed by atoms with Gasteiger partial charge in [-0.15, -0.1) is 0 Å². The van der Waals surface area contributed by atoms with Crippen molar-refractivity contribution in [2.45, 2.75) is 20.3 Å². The molecule has 3 aromatic rings. The Balaban J connectivity index is 2.37. The van der Waals surface area contributed by atoms with Crippen molar-refractivity contribution in [2.24, 2.45) is 5.92 Å². The van der Waals surface area contributed by atoms with E-state index < -0.39 is 0 Å². The highest BCUT2D eigenvalue weighted by Crippen LogP contribution is 2.22. The molecular weight excluding hydrogens is 234 g/mol. The minimum atomic E-state index is 0.107. The number of hydrogen-bond donors (Lipinski definition) is 1. The second kappa shape index (κ2) is 4.54. The summed E-state index contributed by atoms with van der Waals surface area (Å²) in [5, 5.41) is 3.04. The Bertz CT molecular complexity index is 799. The molecule has 0 unspecified atom stereocenters. The quantitative estimate of drug-likeness (QED) is 0.689. The Labute approximate surface area is 112 Å². The summed E-state index contributed by atoms with van der Waals surface area (Å²) < 4.78 is 0. The highest BCUT2D eigenvalue weighted by Gasteiger charge is 2.06. The van der Waals surface area contributed by atoms with Crippen LogP contribution in [0.15, 0.2) is 47.3 Å². The van der Waals surface area contributed by atoms with E-state index in [0.717, 1.165) is 33.8 Å². The predicted octanol–water partition coefficient (Wildman–Crippen LogP) is 3.88. The number of hydrogen-bond acceptors (Lipinski definition) is 1. The van der Waals surface area contributed by atoms with Crippen molar-refractivity contribution in [3.8, 4) is 0 Å². The van der Waals surface area contributed by atoms with Gasteiger partial charge in [0.25, 0.3) is 0 Å². The first-order valence-corrected chi connectivity index (χ1v) is 6.69. The van der Waals surface area contributed by atoms with Gasteiger partial charge in [0.15, 0.2) is 5.43 Å². The summed E-state index contributed by atoms with van der Waals surface area (Å²) in [5.41, 5.74) is 2.08. The molecule has 2 heteroatoms. The summed E-state index contributed by atoms with van der Waals surface area (Å²) in [6.07, 6.45) is 0.897. The summed E-state index contributed by atoms with van der Waals surface area (Å²) in [4.78, 5) is 15.6. The molecule has 0 aliphatic heterocycles. The van der Waals surface area contributed by atoms with Crippen LogP contribution in [0, 0.1) is 5.92 Å². The first kappa shape index (κ1) is 12.0. The largest absolute Gasteiger partial charge is 0.358 e. The maximum absolute atomic E-state index is 12.2. The zero-order chi connectivity index (χ0) is 13.4. The lowest BCUT2D eigenvalue weighted by atomic mass is 10.0. The van der Waals surface area contributed by atoms with Crippen LogP contribution in [0.4, 0.5) is 0 Å². The van der Waals surface area contributed by atoms with Gasteiger partial charge in [0.1, 0.15) is 0 Å². The molecule has 0 aliphatic carbocycles. The Morgan fingerprint density at radius 3 is 2.63 bits per heavy atom. The summed E-state index contributed by atoms with van der Waals surface area (Å²) in [6.45, 7) is 4.32. The van der Waals surface area contributed by atoms with Crippen molar-refractivity contribution in [1.82, 2.24) is 4.98 Å². The van der Waals surface area contributed by atoms with Gasteiger partial charge in [-0.3, -0.25) is 4.79 Å². The average molecular weight is 251 g/mol. The summed E-state index contributed by atoms with van der Waals surface area (Å²) in [5.74, 6) is 0.531. The number of benzene rings is 2. The fourth-order valence-corrected chi connectivity index (χ4v) is 2.59. The predicted molar refractivity (Wildman–Crippen MR) is 80.6 cm³/mol. The third-order valence-corrected chi connectivity index (χ3v) is 3.41. The normalized spacial score (nSPS) is 11.5. The van der Waals surface area contributed by atoms with Gasteiger partial charge in [0.2, 0.25) is 0 Å². The number of pyridine rings is 1. The number of aromatic amines is 1. The first-order chi connectivity index (χ1) is 9.15. The summed E-state index contributed by atoms with van der Waals surface area (Å²) in [6, 6.07) is 13.8. The van der Waals surface area contributed by atoms with Crippen LogP contribution < -0.4 is 5.43 Å². The molecule has 0 aliphatic rings. The maximum Gasteiger partial charge on any atom is 0.189 e. The second-order valence-electron chi connectivity index (χ2n) is 5.47. The Hall–Kier alpha value is -2.09. The van der Waals surface area contributed by atoms with E-state index in [-0.39, 0.29) is 5.43 Å². The van der Waals surface area contributed by atoms with Crippen LogP contribution in [-0.2, 0) is 6.42 Å². The molecule has 1 aromatic heterocycles. The number of rotatable bonds is 2. The van der Waals surface area contributed by atoms with E-state index in [2.05, 4.69) is 31.0 Å². The number of H-pyrrole nitrogens is 1. The van der Waals surface area contributed by atoms with Crippen molar-refractivity contribution in [3.63, 3.8) is 0 Å². The molecule has 2 nitrogen and oxygen atoms in total. The minimum Gasteiger partial charge on any atom is -0.358 e. The lowest BCUT2D eigenvalue weighted by Crippen LogP contribution is -2.07. The summed E-state index contributed by atoms with van der Waals surface area (Å²) >= 11 is 0. The van der Waals surface area contributed by atoms with Gasteiger partial charge < -0.3 is 4.98 Å². The van der Waals surface area contributed by atoms with Crippen LogP contribution in [0.25, 0.3) is 21.7 Å². The third kappa shape index (κ3) is 2.14. The molecule has 0 saturated heterocycles. The van der Waals surface area contributed by atoms with Crippen LogP contribution in [-0.4, -0.2) is 4.98 Å². The van der Waals surface area contributed by atoms with E-state index in [1.165, 1.54) is 0 Å². The van der Waals surface area contributed by atoms with Gasteiger partial charge in [-0.2, -0.15) is 0 Å². The highest BCUT2D eigenvalue weighted by atomic mass is 16.1. The number of aromatic nitrogens is 1. The van der Waals surface area contributed by atoms with Crippen molar-refractivity contribution in [3.05, 3.63) is 58.4 Å². The van der Waals surface area contributed by atoms with Gasteiger partial charge >= 0.3 is 0 Å². The Morgan fingerprint density at radius 1 is 1.05 bits per heavy atom. The van der Waals surface area contributed by atoms with E-state index in [9.17, 15) is 4.79 Å². The molecule has 1 N–H and O–H groups in total. The van der Waals surface area contributed by atoms with Gasteiger partial charge in [-0.1, -0.05) is 44.2 Å². The Kier molecular flexibility index (Phi) is 2.86. The maximum atomic E-state index is 12.2. The third-order valence-electron chi connectivity index (χ3n) is 3.41. The van der Waals surface area contributed by atoms with E-state index in [4.69, 9.17) is 0 Å². The van der Waals surface area contributed by atoms with E-state index in [1.54, 1.807) is 6.07 Å². The topological polar surface area (TPSA) is 32.9 Å². The highest BCUT2D eigenvalue weighted by molar-refractivity contribution is 6.04. The molecule has 0 spiro atoms. The van der Waals surface area contributed by atoms with Crippen molar-refractivity contribution in [2.75, 3.05) is 0 Å². The fraction of sp³-hybridized carbons (Fsp3) is 0.235. The number of nitrogens with one attached hydrogen (secondary N) is 1. The van der Waals surface area contributed by atoms with E-state index >= 15 is 0 Å². The minimum absolute atomic E-state index is 0.107. The zero-order valence-corrected chi connectivity index (χ0v) is 11.2. The van der Waals surface area contributed by atoms with Gasteiger partial charge in [0, 0.05) is 22.5 Å². The van der Waals surface area contributed by atoms with Crippen molar-refractivity contribution < 1.29 is 0 Å². The lowest BCUT2D eigenvalue weighted by Gasteiger charge is -2.09. The van der Waals surface area contributed by atoms with Crippen molar-refractivity contribution in [1.29, 1.82) is 0 Å². The van der Waals surface area contributed by atoms with Crippen LogP contribution >= 0.6 is 0 Å². The summed E-state index contributed by atoms with van der Waals surface area (Å²) in [7, 11) is 0. The average Bonchev–Trinajstić information content (AvgIpc) is 2.38. The standard InChI is InChI=1S/C17H17NO/c1-11(2)9-13-10-16(19)15-8-7-12-5-3-4-6-14(12)17(15)18-13/h3-8,10-11H,9H2,1-2H3,(H,18,19). The van der Waals surface area contributed by atoms with Crippen LogP contribution in [0.5, 0.6) is 0 Å². The molecule has 19 heavy (non-hydrogen) atoms. The zero-order valence-electron chi connectivity index (χ0n) is 11.2. The monoisotopic (exact) mass is 251 g/mol.